The number of rotatable bonds is 7. The number of hydrogen-bond donors (Lipinski definition) is 2. The molecule has 0 atom stereocenters. The molecule has 2 N–H and O–H groups in total. The number of hydrogen-bond acceptors (Lipinski definition) is 3. The van der Waals surface area contributed by atoms with Crippen molar-refractivity contribution >= 4 is 17.5 Å². The first-order valence-electron chi connectivity index (χ1n) is 9.00. The SMILES string of the molecule is CCCCNC(=O)c1cccc(NCC(=O)N2CCC(C)CC2)c1. The van der Waals surface area contributed by atoms with E-state index in [-0.39, 0.29) is 18.4 Å². The standard InChI is InChI=1S/C19H29N3O2/c1-3-4-10-20-19(24)16-6-5-7-17(13-16)21-14-18(23)22-11-8-15(2)9-12-22/h5-7,13,15,21H,3-4,8-12,14H2,1-2H3,(H,20,24). The maximum absolute atomic E-state index is 12.3. The Kier molecular flexibility index (Phi) is 7.09. The minimum Gasteiger partial charge on any atom is -0.376 e. The van der Waals surface area contributed by atoms with Gasteiger partial charge in [0.1, 0.15) is 0 Å². The molecule has 2 rings (SSSR count). The van der Waals surface area contributed by atoms with E-state index in [1.54, 1.807) is 12.1 Å². The number of likely N-dealkylation sites (tertiary alicyclic amines) is 1. The molecule has 0 unspecified atom stereocenters. The van der Waals surface area contributed by atoms with E-state index < -0.39 is 0 Å². The smallest absolute Gasteiger partial charge is 0.251 e. The number of nitrogens with zero attached hydrogens (tertiary/aromatic N) is 1. The van der Waals surface area contributed by atoms with Crippen molar-refractivity contribution in [3.63, 3.8) is 0 Å². The van der Waals surface area contributed by atoms with Gasteiger partial charge < -0.3 is 15.5 Å². The van der Waals surface area contributed by atoms with Crippen LogP contribution in [0.25, 0.3) is 0 Å². The minimum absolute atomic E-state index is 0.0663. The molecular weight excluding hydrogens is 302 g/mol. The van der Waals surface area contributed by atoms with E-state index in [9.17, 15) is 9.59 Å². The van der Waals surface area contributed by atoms with E-state index in [2.05, 4.69) is 24.5 Å². The Morgan fingerprint density at radius 3 is 2.71 bits per heavy atom. The van der Waals surface area contributed by atoms with E-state index in [4.69, 9.17) is 0 Å². The van der Waals surface area contributed by atoms with Gasteiger partial charge in [0, 0.05) is 30.9 Å². The molecule has 0 aliphatic carbocycles. The van der Waals surface area contributed by atoms with Crippen molar-refractivity contribution in [3.8, 4) is 0 Å². The largest absolute Gasteiger partial charge is 0.376 e. The van der Waals surface area contributed by atoms with Gasteiger partial charge in [-0.1, -0.05) is 26.3 Å². The van der Waals surface area contributed by atoms with E-state index in [0.29, 0.717) is 18.0 Å². The van der Waals surface area contributed by atoms with Gasteiger partial charge in [-0.2, -0.15) is 0 Å². The molecule has 0 saturated carbocycles. The molecule has 0 spiro atoms. The summed E-state index contributed by atoms with van der Waals surface area (Å²) in [5.74, 6) is 0.771. The number of nitrogens with one attached hydrogen (secondary N) is 2. The summed E-state index contributed by atoms with van der Waals surface area (Å²) in [6, 6.07) is 7.31. The molecule has 0 aromatic heterocycles. The summed E-state index contributed by atoms with van der Waals surface area (Å²) in [5.41, 5.74) is 1.42. The number of carbonyl (C=O) groups is 2. The fraction of sp³-hybridized carbons (Fsp3) is 0.579. The Bertz CT molecular complexity index is 551. The lowest BCUT2D eigenvalue weighted by Gasteiger charge is -2.30. The lowest BCUT2D eigenvalue weighted by Crippen LogP contribution is -2.40. The molecule has 1 aromatic rings. The number of benzene rings is 1. The van der Waals surface area contributed by atoms with Gasteiger partial charge in [-0.05, 0) is 43.4 Å². The third kappa shape index (κ3) is 5.55. The van der Waals surface area contributed by atoms with Gasteiger partial charge in [0.05, 0.1) is 6.54 Å². The summed E-state index contributed by atoms with van der Waals surface area (Å²) in [7, 11) is 0. The average Bonchev–Trinajstić information content (AvgIpc) is 2.60. The lowest BCUT2D eigenvalue weighted by molar-refractivity contribution is -0.130. The molecule has 1 saturated heterocycles. The van der Waals surface area contributed by atoms with E-state index in [1.807, 2.05) is 17.0 Å². The highest BCUT2D eigenvalue weighted by atomic mass is 16.2. The zero-order valence-corrected chi connectivity index (χ0v) is 14.8. The van der Waals surface area contributed by atoms with Gasteiger partial charge in [-0.3, -0.25) is 9.59 Å². The van der Waals surface area contributed by atoms with Crippen molar-refractivity contribution in [1.82, 2.24) is 10.2 Å². The van der Waals surface area contributed by atoms with Crippen molar-refractivity contribution in [3.05, 3.63) is 29.8 Å². The van der Waals surface area contributed by atoms with Crippen LogP contribution in [0.2, 0.25) is 0 Å². The molecule has 1 aromatic carbocycles. The first-order valence-corrected chi connectivity index (χ1v) is 9.00. The highest BCUT2D eigenvalue weighted by Gasteiger charge is 2.19. The van der Waals surface area contributed by atoms with E-state index >= 15 is 0 Å². The Balaban J connectivity index is 1.83. The second kappa shape index (κ2) is 9.30. The van der Waals surface area contributed by atoms with Gasteiger partial charge in [0.15, 0.2) is 0 Å². The van der Waals surface area contributed by atoms with Crippen LogP contribution in [0.4, 0.5) is 5.69 Å². The fourth-order valence-corrected chi connectivity index (χ4v) is 2.80. The first-order chi connectivity index (χ1) is 11.6. The number of piperidine rings is 1. The van der Waals surface area contributed by atoms with Crippen molar-refractivity contribution in [2.24, 2.45) is 5.92 Å². The Labute approximate surface area is 144 Å². The second-order valence-corrected chi connectivity index (χ2v) is 6.61. The molecule has 1 heterocycles. The summed E-state index contributed by atoms with van der Waals surface area (Å²) >= 11 is 0. The highest BCUT2D eigenvalue weighted by molar-refractivity contribution is 5.95. The molecule has 1 aliphatic rings. The molecular formula is C19H29N3O2. The number of anilines is 1. The average molecular weight is 331 g/mol. The van der Waals surface area contributed by atoms with Crippen LogP contribution in [0.3, 0.4) is 0 Å². The Morgan fingerprint density at radius 2 is 2.00 bits per heavy atom. The maximum Gasteiger partial charge on any atom is 0.251 e. The number of unbranched alkanes of at least 4 members (excludes halogenated alkanes) is 1. The van der Waals surface area contributed by atoms with Gasteiger partial charge in [-0.15, -0.1) is 0 Å². The fourth-order valence-electron chi connectivity index (χ4n) is 2.80. The van der Waals surface area contributed by atoms with Crippen LogP contribution in [0.1, 0.15) is 49.9 Å². The summed E-state index contributed by atoms with van der Waals surface area (Å²) < 4.78 is 0. The summed E-state index contributed by atoms with van der Waals surface area (Å²) in [4.78, 5) is 26.3. The van der Waals surface area contributed by atoms with Crippen LogP contribution in [-0.2, 0) is 4.79 Å². The van der Waals surface area contributed by atoms with Crippen LogP contribution in [0.15, 0.2) is 24.3 Å². The normalized spacial score (nSPS) is 15.2. The molecule has 2 amide bonds. The summed E-state index contributed by atoms with van der Waals surface area (Å²) in [6.45, 7) is 6.99. The zero-order valence-electron chi connectivity index (χ0n) is 14.8. The van der Waals surface area contributed by atoms with Gasteiger partial charge >= 0.3 is 0 Å². The Hall–Kier alpha value is -2.04. The van der Waals surface area contributed by atoms with Crippen LogP contribution in [-0.4, -0.2) is 42.9 Å². The molecule has 24 heavy (non-hydrogen) atoms. The van der Waals surface area contributed by atoms with Gasteiger partial charge in [-0.25, -0.2) is 0 Å². The van der Waals surface area contributed by atoms with Crippen LogP contribution >= 0.6 is 0 Å². The molecule has 0 radical (unpaired) electrons. The molecule has 0 bridgehead atoms. The maximum atomic E-state index is 12.3. The van der Waals surface area contributed by atoms with Crippen LogP contribution in [0, 0.1) is 5.92 Å². The monoisotopic (exact) mass is 331 g/mol. The predicted molar refractivity (Wildman–Crippen MR) is 97.2 cm³/mol. The highest BCUT2D eigenvalue weighted by Crippen LogP contribution is 2.16. The third-order valence-electron chi connectivity index (χ3n) is 4.52. The molecule has 1 aliphatic heterocycles. The number of amides is 2. The summed E-state index contributed by atoms with van der Waals surface area (Å²) in [6.07, 6.45) is 4.20. The summed E-state index contributed by atoms with van der Waals surface area (Å²) in [5, 5.41) is 6.05. The van der Waals surface area contributed by atoms with Gasteiger partial charge in [0.2, 0.25) is 5.91 Å². The topological polar surface area (TPSA) is 61.4 Å². The quantitative estimate of drug-likeness (QED) is 0.755. The van der Waals surface area contributed by atoms with Crippen molar-refractivity contribution in [1.29, 1.82) is 0 Å². The zero-order chi connectivity index (χ0) is 17.4. The van der Waals surface area contributed by atoms with Crippen molar-refractivity contribution in [2.45, 2.75) is 39.5 Å². The van der Waals surface area contributed by atoms with E-state index in [0.717, 1.165) is 44.5 Å². The molecule has 5 nitrogen and oxygen atoms in total. The van der Waals surface area contributed by atoms with Gasteiger partial charge in [0.25, 0.3) is 5.91 Å². The second-order valence-electron chi connectivity index (χ2n) is 6.61. The molecule has 1 fully saturated rings. The van der Waals surface area contributed by atoms with Crippen molar-refractivity contribution in [2.75, 3.05) is 31.5 Å². The Morgan fingerprint density at radius 1 is 1.25 bits per heavy atom. The van der Waals surface area contributed by atoms with Crippen LogP contribution < -0.4 is 10.6 Å². The first kappa shape index (κ1) is 18.3. The number of carbonyl (C=O) groups excluding carboxylic acids is 2. The van der Waals surface area contributed by atoms with Crippen LogP contribution in [0.5, 0.6) is 0 Å². The lowest BCUT2D eigenvalue weighted by atomic mass is 9.99. The van der Waals surface area contributed by atoms with E-state index in [1.165, 1.54) is 0 Å². The van der Waals surface area contributed by atoms with Crippen molar-refractivity contribution < 1.29 is 9.59 Å². The third-order valence-corrected chi connectivity index (χ3v) is 4.52. The molecule has 5 heteroatoms. The minimum atomic E-state index is -0.0663. The molecule has 132 valence electrons. The predicted octanol–water partition coefficient (Wildman–Crippen LogP) is 2.89.